The lowest BCUT2D eigenvalue weighted by molar-refractivity contribution is -0.164. The monoisotopic (exact) mass is 715 g/mol. The van der Waals surface area contributed by atoms with Crippen LogP contribution in [0.2, 0.25) is 0 Å². The maximum absolute atomic E-state index is 11.5. The van der Waals surface area contributed by atoms with E-state index >= 15 is 0 Å². The molecule has 0 rings (SSSR count). The fourth-order valence-electron chi connectivity index (χ4n) is 3.03. The minimum absolute atomic E-state index is 0.00722. The van der Waals surface area contributed by atoms with Gasteiger partial charge in [0, 0.05) is 23.7 Å². The highest BCUT2D eigenvalue weighted by Gasteiger charge is 2.28. The lowest BCUT2D eigenvalue weighted by atomic mass is 9.80. The van der Waals surface area contributed by atoms with Gasteiger partial charge in [-0.2, -0.15) is 0 Å². The second-order valence-corrected chi connectivity index (χ2v) is 23.5. The zero-order chi connectivity index (χ0) is 42.1. The third kappa shape index (κ3) is 53.6. The largest absolute Gasteiger partial charge is 0.460 e. The molecule has 0 aromatic heterocycles. The van der Waals surface area contributed by atoms with Crippen LogP contribution in [0.25, 0.3) is 0 Å². The number of carbonyl (C=O) groups is 3. The van der Waals surface area contributed by atoms with Crippen molar-refractivity contribution in [1.29, 1.82) is 0 Å². The quantitative estimate of drug-likeness (QED) is 0.265. The molecule has 0 bridgehead atoms. The molecule has 0 amide bonds. The molecule has 0 saturated heterocycles. The number of ether oxygens (including phenoxy) is 2. The van der Waals surface area contributed by atoms with E-state index in [2.05, 4.69) is 104 Å². The van der Waals surface area contributed by atoms with Gasteiger partial charge in [-0.05, 0) is 96.8 Å². The van der Waals surface area contributed by atoms with E-state index in [0.29, 0.717) is 28.8 Å². The Bertz CT molecular complexity index is 808. The molecule has 0 atom stereocenters. The van der Waals surface area contributed by atoms with Gasteiger partial charge in [-0.3, -0.25) is 14.4 Å². The first-order valence-electron chi connectivity index (χ1n) is 19.2. The summed E-state index contributed by atoms with van der Waals surface area (Å²) in [6, 6.07) is 0. The fraction of sp³-hybridized carbons (Fsp3) is 0.933. The number of ketones is 2. The number of rotatable bonds is 5. The summed E-state index contributed by atoms with van der Waals surface area (Å²) in [7, 11) is 0. The topological polar surface area (TPSA) is 69.7 Å². The van der Waals surface area contributed by atoms with Gasteiger partial charge in [0.1, 0.15) is 17.2 Å². The van der Waals surface area contributed by atoms with Gasteiger partial charge in [-0.25, -0.2) is 0 Å². The Morgan fingerprint density at radius 2 is 0.760 bits per heavy atom. The summed E-state index contributed by atoms with van der Waals surface area (Å²) in [5.74, 6) is 0.963. The van der Waals surface area contributed by atoms with Crippen molar-refractivity contribution in [3.05, 3.63) is 0 Å². The number of esters is 1. The minimum Gasteiger partial charge on any atom is -0.460 e. The van der Waals surface area contributed by atoms with Gasteiger partial charge in [0.2, 0.25) is 0 Å². The van der Waals surface area contributed by atoms with Crippen molar-refractivity contribution < 1.29 is 23.9 Å². The standard InChI is InChI=1S/C10H20O.C10H22.C9H18O2.C9H20O.C7H14O/c1-9(2,3)7-8(11)10(4,5)6;1-9(2,3)7-8-10(4,5)6;1-8(2,3)7(10)11-9(4,5)6;1-8(2,3)7-10-9(4,5)6;1-5(2)7(8)6(3)4/h7H2,1-6H3;7-8H2,1-6H3;1-6H3;7H2,1-6H3;5-6H,1-4H3. The SMILES string of the molecule is CC(C)(C)CC(=O)C(C)(C)C.CC(C)(C)CCC(C)(C)C.CC(C)(C)COC(C)(C)C.CC(C)(C)OC(=O)C(C)(C)C.CC(C)C(=O)C(C)C. The number of hydrogen-bond donors (Lipinski definition) is 0. The highest BCUT2D eigenvalue weighted by Crippen LogP contribution is 2.29. The van der Waals surface area contributed by atoms with Crippen LogP contribution in [-0.2, 0) is 23.9 Å². The van der Waals surface area contributed by atoms with Gasteiger partial charge in [0.15, 0.2) is 0 Å². The van der Waals surface area contributed by atoms with Crippen molar-refractivity contribution >= 4 is 17.5 Å². The Hall–Kier alpha value is -1.23. The normalized spacial score (nSPS) is 13.0. The molecule has 5 heteroatoms. The third-order valence-electron chi connectivity index (χ3n) is 6.24. The highest BCUT2D eigenvalue weighted by atomic mass is 16.6. The summed E-state index contributed by atoms with van der Waals surface area (Å²) in [5, 5.41) is 0. The molecule has 0 unspecified atom stereocenters. The molecule has 0 aromatic carbocycles. The minimum atomic E-state index is -0.396. The van der Waals surface area contributed by atoms with Crippen molar-refractivity contribution in [1.82, 2.24) is 0 Å². The Morgan fingerprint density at radius 3 is 0.840 bits per heavy atom. The van der Waals surface area contributed by atoms with E-state index in [4.69, 9.17) is 9.47 Å². The molecule has 0 saturated carbocycles. The summed E-state index contributed by atoms with van der Waals surface area (Å²) in [5.41, 5.74) is 0.496. The van der Waals surface area contributed by atoms with Crippen molar-refractivity contribution in [2.45, 2.75) is 224 Å². The van der Waals surface area contributed by atoms with Crippen molar-refractivity contribution in [2.24, 2.45) is 44.3 Å². The van der Waals surface area contributed by atoms with Gasteiger partial charge >= 0.3 is 5.97 Å². The van der Waals surface area contributed by atoms with Crippen LogP contribution in [0.1, 0.15) is 213 Å². The van der Waals surface area contributed by atoms with E-state index in [9.17, 15) is 14.4 Å². The molecule has 0 aliphatic rings. The summed E-state index contributed by atoms with van der Waals surface area (Å²) in [6.45, 7) is 58.5. The lowest BCUT2D eigenvalue weighted by Gasteiger charge is -2.26. The van der Waals surface area contributed by atoms with Crippen LogP contribution in [0, 0.1) is 44.3 Å². The predicted octanol–water partition coefficient (Wildman–Crippen LogP) is 14.0. The molecule has 0 N–H and O–H groups in total. The Kier molecular flexibility index (Phi) is 26.4. The van der Waals surface area contributed by atoms with Crippen LogP contribution in [-0.4, -0.2) is 35.3 Å². The number of carbonyl (C=O) groups excluding carboxylic acids is 3. The first kappa shape index (κ1) is 58.1. The zero-order valence-electron chi connectivity index (χ0n) is 39.5. The van der Waals surface area contributed by atoms with Crippen molar-refractivity contribution in [3.8, 4) is 0 Å². The van der Waals surface area contributed by atoms with Gasteiger partial charge in [0.05, 0.1) is 17.6 Å². The molecular formula is C45H94O5. The second-order valence-electron chi connectivity index (χ2n) is 23.5. The molecule has 0 spiro atoms. The first-order chi connectivity index (χ1) is 21.2. The average Bonchev–Trinajstić information content (AvgIpc) is 2.77. The van der Waals surface area contributed by atoms with Crippen LogP contribution in [0.3, 0.4) is 0 Å². The van der Waals surface area contributed by atoms with Gasteiger partial charge in [0.25, 0.3) is 0 Å². The summed E-state index contributed by atoms with van der Waals surface area (Å²) < 4.78 is 10.8. The zero-order valence-corrected chi connectivity index (χ0v) is 39.5. The predicted molar refractivity (Wildman–Crippen MR) is 222 cm³/mol. The van der Waals surface area contributed by atoms with Crippen molar-refractivity contribution in [3.63, 3.8) is 0 Å². The molecule has 0 fully saturated rings. The first-order valence-corrected chi connectivity index (χ1v) is 19.2. The fourth-order valence-corrected chi connectivity index (χ4v) is 3.03. The van der Waals surface area contributed by atoms with Crippen LogP contribution in [0.5, 0.6) is 0 Å². The highest BCUT2D eigenvalue weighted by molar-refractivity contribution is 5.84. The van der Waals surface area contributed by atoms with Crippen molar-refractivity contribution in [2.75, 3.05) is 6.61 Å². The molecule has 0 aliphatic heterocycles. The van der Waals surface area contributed by atoms with E-state index in [1.54, 1.807) is 0 Å². The summed E-state index contributed by atoms with van der Waals surface area (Å²) >= 11 is 0. The molecule has 0 aromatic rings. The Labute approximate surface area is 316 Å². The molecule has 50 heavy (non-hydrogen) atoms. The molecule has 5 nitrogen and oxygen atoms in total. The Morgan fingerprint density at radius 1 is 0.440 bits per heavy atom. The van der Waals surface area contributed by atoms with Gasteiger partial charge in [-0.1, -0.05) is 132 Å². The molecule has 304 valence electrons. The van der Waals surface area contributed by atoms with Crippen LogP contribution >= 0.6 is 0 Å². The third-order valence-corrected chi connectivity index (χ3v) is 6.24. The van der Waals surface area contributed by atoms with Crippen LogP contribution in [0.15, 0.2) is 0 Å². The van der Waals surface area contributed by atoms with E-state index < -0.39 is 5.41 Å². The van der Waals surface area contributed by atoms with Crippen LogP contribution < -0.4 is 0 Å². The van der Waals surface area contributed by atoms with Gasteiger partial charge < -0.3 is 9.47 Å². The maximum Gasteiger partial charge on any atom is 0.311 e. The molecule has 0 heterocycles. The number of hydrogen-bond acceptors (Lipinski definition) is 5. The Balaban J connectivity index is -0.000000169. The van der Waals surface area contributed by atoms with E-state index in [1.165, 1.54) is 12.8 Å². The lowest BCUT2D eigenvalue weighted by Crippen LogP contribution is -2.31. The molecule has 0 aliphatic carbocycles. The summed E-state index contributed by atoms with van der Waals surface area (Å²) in [4.78, 5) is 33.6. The maximum atomic E-state index is 11.5. The van der Waals surface area contributed by atoms with E-state index in [1.807, 2.05) is 90.0 Å². The smallest absolute Gasteiger partial charge is 0.311 e. The van der Waals surface area contributed by atoms with E-state index in [-0.39, 0.29) is 45.3 Å². The summed E-state index contributed by atoms with van der Waals surface area (Å²) in [6.07, 6.45) is 3.34. The van der Waals surface area contributed by atoms with E-state index in [0.717, 1.165) is 6.61 Å². The average molecular weight is 715 g/mol. The van der Waals surface area contributed by atoms with Crippen LogP contribution in [0.4, 0.5) is 0 Å². The van der Waals surface area contributed by atoms with Gasteiger partial charge in [-0.15, -0.1) is 0 Å². The number of Topliss-reactive ketones (excluding diaryl/α,β-unsaturated/α-hetero) is 2. The second kappa shape index (κ2) is 22.8. The molecule has 0 radical (unpaired) electrons. The molecular weight excluding hydrogens is 620 g/mol.